The van der Waals surface area contributed by atoms with Crippen molar-refractivity contribution in [3.8, 4) is 0 Å². The molecule has 0 bridgehead atoms. The Kier molecular flexibility index (Phi) is 11.4. The van der Waals surface area contributed by atoms with Gasteiger partial charge in [-0.3, -0.25) is 4.99 Å². The molecule has 0 aliphatic heterocycles. The minimum Gasteiger partial charge on any atom is -0.328 e. The summed E-state index contributed by atoms with van der Waals surface area (Å²) in [4.78, 5) is 26.3. The number of Topliss-reactive ketones (excluding diaryl/α,β-unsaturated/α-hetero) is 2. The SMILES string of the molecule is CC(=O)CCC(C)N.CC(=O)CCC(C)N=C(c1ccccc1)c1ccccc1. The molecule has 156 valence electrons. The van der Waals surface area contributed by atoms with Gasteiger partial charge in [-0.1, -0.05) is 60.7 Å². The van der Waals surface area contributed by atoms with Crippen LogP contribution >= 0.6 is 0 Å². The van der Waals surface area contributed by atoms with E-state index in [1.54, 1.807) is 13.8 Å². The molecular weight excluding hydrogens is 360 g/mol. The van der Waals surface area contributed by atoms with Crippen LogP contribution in [0, 0.1) is 0 Å². The van der Waals surface area contributed by atoms with Crippen LogP contribution in [-0.4, -0.2) is 29.4 Å². The lowest BCUT2D eigenvalue weighted by atomic mass is 10.0. The van der Waals surface area contributed by atoms with Crippen LogP contribution in [-0.2, 0) is 9.59 Å². The molecule has 0 saturated carbocycles. The highest BCUT2D eigenvalue weighted by Gasteiger charge is 2.09. The monoisotopic (exact) mass is 394 g/mol. The summed E-state index contributed by atoms with van der Waals surface area (Å²) in [6.07, 6.45) is 2.81. The Morgan fingerprint density at radius 3 is 1.55 bits per heavy atom. The molecule has 4 heteroatoms. The Hall–Kier alpha value is -2.59. The van der Waals surface area contributed by atoms with Gasteiger partial charge in [0, 0.05) is 36.1 Å². The molecule has 2 unspecified atom stereocenters. The second kappa shape index (κ2) is 13.6. The Labute approximate surface area is 175 Å². The molecule has 2 aromatic rings. The molecule has 0 aliphatic rings. The summed E-state index contributed by atoms with van der Waals surface area (Å²) in [6.45, 7) is 7.19. The quantitative estimate of drug-likeness (QED) is 0.609. The van der Waals surface area contributed by atoms with Gasteiger partial charge in [-0.15, -0.1) is 0 Å². The van der Waals surface area contributed by atoms with Crippen LogP contribution in [0.4, 0.5) is 0 Å². The first-order valence-corrected chi connectivity index (χ1v) is 10.2. The van der Waals surface area contributed by atoms with Crippen molar-refractivity contribution in [2.75, 3.05) is 0 Å². The molecule has 0 aromatic heterocycles. The Morgan fingerprint density at radius 2 is 1.21 bits per heavy atom. The van der Waals surface area contributed by atoms with Crippen LogP contribution in [0.15, 0.2) is 65.7 Å². The van der Waals surface area contributed by atoms with Gasteiger partial charge in [-0.05, 0) is 40.5 Å². The summed E-state index contributed by atoms with van der Waals surface area (Å²) >= 11 is 0. The van der Waals surface area contributed by atoms with Gasteiger partial charge in [-0.2, -0.15) is 0 Å². The number of hydrogen-bond donors (Lipinski definition) is 1. The number of benzene rings is 2. The van der Waals surface area contributed by atoms with Crippen molar-refractivity contribution in [1.82, 2.24) is 0 Å². The summed E-state index contributed by atoms with van der Waals surface area (Å²) in [6, 6.07) is 20.7. The number of rotatable bonds is 9. The fourth-order valence-electron chi connectivity index (χ4n) is 2.64. The molecule has 2 atom stereocenters. The van der Waals surface area contributed by atoms with Gasteiger partial charge in [0.05, 0.1) is 5.71 Å². The highest BCUT2D eigenvalue weighted by molar-refractivity contribution is 6.12. The molecule has 29 heavy (non-hydrogen) atoms. The minimum atomic E-state index is 0.129. The molecule has 2 N–H and O–H groups in total. The second-order valence-corrected chi connectivity index (χ2v) is 7.52. The van der Waals surface area contributed by atoms with E-state index in [0.717, 1.165) is 29.7 Å². The van der Waals surface area contributed by atoms with Gasteiger partial charge >= 0.3 is 0 Å². The number of aliphatic imine (C=N–C) groups is 1. The van der Waals surface area contributed by atoms with E-state index in [2.05, 4.69) is 31.2 Å². The first kappa shape index (κ1) is 24.4. The van der Waals surface area contributed by atoms with Crippen molar-refractivity contribution in [1.29, 1.82) is 0 Å². The number of hydrogen-bond acceptors (Lipinski definition) is 4. The molecule has 0 spiro atoms. The molecular formula is C25H34N2O2. The largest absolute Gasteiger partial charge is 0.328 e. The van der Waals surface area contributed by atoms with Crippen LogP contribution in [0.5, 0.6) is 0 Å². The highest BCUT2D eigenvalue weighted by atomic mass is 16.1. The van der Waals surface area contributed by atoms with E-state index < -0.39 is 0 Å². The average Bonchev–Trinajstić information content (AvgIpc) is 2.70. The molecule has 0 saturated heterocycles. The van der Waals surface area contributed by atoms with Gasteiger partial charge < -0.3 is 15.3 Å². The third kappa shape index (κ3) is 11.1. The van der Waals surface area contributed by atoms with Gasteiger partial charge in [0.2, 0.25) is 0 Å². The predicted molar refractivity (Wildman–Crippen MR) is 121 cm³/mol. The average molecular weight is 395 g/mol. The number of nitrogens with zero attached hydrogens (tertiary/aromatic N) is 1. The molecule has 0 radical (unpaired) electrons. The topological polar surface area (TPSA) is 72.5 Å². The number of ketones is 2. The van der Waals surface area contributed by atoms with Crippen molar-refractivity contribution >= 4 is 17.3 Å². The Morgan fingerprint density at radius 1 is 0.793 bits per heavy atom. The van der Waals surface area contributed by atoms with Crippen LogP contribution in [0.25, 0.3) is 0 Å². The first-order valence-electron chi connectivity index (χ1n) is 10.2. The lowest BCUT2D eigenvalue weighted by Gasteiger charge is -2.11. The normalized spacial score (nSPS) is 12.2. The van der Waals surface area contributed by atoms with Crippen LogP contribution < -0.4 is 5.73 Å². The van der Waals surface area contributed by atoms with Crippen molar-refractivity contribution in [2.45, 2.75) is 65.5 Å². The molecule has 0 fully saturated rings. The van der Waals surface area contributed by atoms with Crippen LogP contribution in [0.2, 0.25) is 0 Å². The summed E-state index contributed by atoms with van der Waals surface area (Å²) in [7, 11) is 0. The van der Waals surface area contributed by atoms with Gasteiger partial charge in [0.25, 0.3) is 0 Å². The molecule has 4 nitrogen and oxygen atoms in total. The maximum absolute atomic E-state index is 11.1. The first-order chi connectivity index (χ1) is 13.8. The third-order valence-electron chi connectivity index (χ3n) is 4.31. The Balaban J connectivity index is 0.000000447. The summed E-state index contributed by atoms with van der Waals surface area (Å²) in [5.74, 6) is 0.445. The fraction of sp³-hybridized carbons (Fsp3) is 0.400. The van der Waals surface area contributed by atoms with E-state index in [-0.39, 0.29) is 23.7 Å². The van der Waals surface area contributed by atoms with Gasteiger partial charge in [0.15, 0.2) is 0 Å². The summed E-state index contributed by atoms with van der Waals surface area (Å²) in [5, 5.41) is 0. The maximum Gasteiger partial charge on any atom is 0.129 e. The smallest absolute Gasteiger partial charge is 0.129 e. The number of carbonyl (C=O) groups is 2. The van der Waals surface area contributed by atoms with Crippen molar-refractivity contribution < 1.29 is 9.59 Å². The number of nitrogens with two attached hydrogens (primary N) is 1. The van der Waals surface area contributed by atoms with E-state index in [1.165, 1.54) is 0 Å². The predicted octanol–water partition coefficient (Wildman–Crippen LogP) is 4.98. The van der Waals surface area contributed by atoms with Crippen molar-refractivity contribution in [2.24, 2.45) is 10.7 Å². The lowest BCUT2D eigenvalue weighted by Crippen LogP contribution is -2.15. The molecule has 2 aromatic carbocycles. The van der Waals surface area contributed by atoms with Gasteiger partial charge in [0.1, 0.15) is 11.6 Å². The van der Waals surface area contributed by atoms with Crippen molar-refractivity contribution in [3.05, 3.63) is 71.8 Å². The molecule has 0 amide bonds. The molecule has 2 rings (SSSR count). The van der Waals surface area contributed by atoms with E-state index in [9.17, 15) is 9.59 Å². The van der Waals surface area contributed by atoms with E-state index >= 15 is 0 Å². The second-order valence-electron chi connectivity index (χ2n) is 7.52. The lowest BCUT2D eigenvalue weighted by molar-refractivity contribution is -0.118. The van der Waals surface area contributed by atoms with Crippen LogP contribution in [0.1, 0.15) is 64.5 Å². The summed E-state index contributed by atoms with van der Waals surface area (Å²) < 4.78 is 0. The minimum absolute atomic E-state index is 0.129. The van der Waals surface area contributed by atoms with E-state index in [4.69, 9.17) is 10.7 Å². The fourth-order valence-corrected chi connectivity index (χ4v) is 2.64. The summed E-state index contributed by atoms with van der Waals surface area (Å²) in [5.41, 5.74) is 8.60. The highest BCUT2D eigenvalue weighted by Crippen LogP contribution is 2.14. The van der Waals surface area contributed by atoms with E-state index in [0.29, 0.717) is 12.8 Å². The maximum atomic E-state index is 11.1. The Bertz CT molecular complexity index is 726. The number of carbonyl (C=O) groups excluding carboxylic acids is 2. The zero-order chi connectivity index (χ0) is 21.6. The van der Waals surface area contributed by atoms with E-state index in [1.807, 2.05) is 43.3 Å². The zero-order valence-corrected chi connectivity index (χ0v) is 18.1. The van der Waals surface area contributed by atoms with Crippen LogP contribution in [0.3, 0.4) is 0 Å². The molecule has 0 aliphatic carbocycles. The van der Waals surface area contributed by atoms with Gasteiger partial charge in [-0.25, -0.2) is 0 Å². The zero-order valence-electron chi connectivity index (χ0n) is 18.1. The molecule has 0 heterocycles. The third-order valence-corrected chi connectivity index (χ3v) is 4.31. The standard InChI is InChI=1S/C19H21NO.C6H13NO/c1-15(13-14-16(2)21)20-19(17-9-5-3-6-10-17)18-11-7-4-8-12-18;1-5(7)3-4-6(2)8/h3-12,15H,13-14H2,1-2H3;5H,3-4,7H2,1-2H3. The van der Waals surface area contributed by atoms with Crippen molar-refractivity contribution in [3.63, 3.8) is 0 Å².